The van der Waals surface area contributed by atoms with Crippen molar-refractivity contribution in [3.8, 4) is 16.9 Å². The first-order chi connectivity index (χ1) is 15.1. The first-order valence-electron chi connectivity index (χ1n) is 11.3. The van der Waals surface area contributed by atoms with Crippen LogP contribution in [0.1, 0.15) is 73.2 Å². The summed E-state index contributed by atoms with van der Waals surface area (Å²) >= 11 is 0. The molecule has 6 heteroatoms. The zero-order valence-electron chi connectivity index (χ0n) is 19.6. The minimum Gasteiger partial charge on any atom is -0.493 e. The second-order valence-electron chi connectivity index (χ2n) is 9.68. The van der Waals surface area contributed by atoms with Crippen molar-refractivity contribution in [3.63, 3.8) is 0 Å². The molecule has 5 nitrogen and oxygen atoms in total. The lowest BCUT2D eigenvalue weighted by Gasteiger charge is -2.19. The zero-order valence-corrected chi connectivity index (χ0v) is 19.6. The van der Waals surface area contributed by atoms with Crippen LogP contribution in [0.5, 0.6) is 5.75 Å². The third-order valence-corrected chi connectivity index (χ3v) is 5.29. The SMILES string of the molecule is CCCOc1cc(C(=O)NCC(C)(C)C)ccc1-c1cc(C(=O)NC2CC2)cc(F)c1C. The van der Waals surface area contributed by atoms with Crippen LogP contribution < -0.4 is 15.4 Å². The molecule has 0 unspecified atom stereocenters. The molecule has 32 heavy (non-hydrogen) atoms. The summed E-state index contributed by atoms with van der Waals surface area (Å²) in [5.41, 5.74) is 2.39. The number of benzene rings is 2. The van der Waals surface area contributed by atoms with E-state index in [9.17, 15) is 14.0 Å². The molecule has 0 aliphatic heterocycles. The van der Waals surface area contributed by atoms with Crippen LogP contribution >= 0.6 is 0 Å². The summed E-state index contributed by atoms with van der Waals surface area (Å²) in [5.74, 6) is -0.412. The van der Waals surface area contributed by atoms with Gasteiger partial charge < -0.3 is 15.4 Å². The molecule has 2 amide bonds. The molecule has 1 fully saturated rings. The molecule has 1 aliphatic rings. The fourth-order valence-electron chi connectivity index (χ4n) is 3.25. The summed E-state index contributed by atoms with van der Waals surface area (Å²) in [5, 5.41) is 5.85. The summed E-state index contributed by atoms with van der Waals surface area (Å²) in [4.78, 5) is 25.2. The summed E-state index contributed by atoms with van der Waals surface area (Å²) in [6.07, 6.45) is 2.71. The Morgan fingerprint density at radius 2 is 1.78 bits per heavy atom. The molecule has 3 rings (SSSR count). The smallest absolute Gasteiger partial charge is 0.251 e. The number of rotatable bonds is 8. The quantitative estimate of drug-likeness (QED) is 0.589. The molecule has 0 spiro atoms. The van der Waals surface area contributed by atoms with Gasteiger partial charge in [-0.25, -0.2) is 4.39 Å². The summed E-state index contributed by atoms with van der Waals surface area (Å²) in [6.45, 7) is 10.8. The van der Waals surface area contributed by atoms with Crippen LogP contribution in [0.4, 0.5) is 4.39 Å². The van der Waals surface area contributed by atoms with Crippen LogP contribution in [0.2, 0.25) is 0 Å². The van der Waals surface area contributed by atoms with E-state index in [-0.39, 0.29) is 28.8 Å². The van der Waals surface area contributed by atoms with Gasteiger partial charge in [-0.3, -0.25) is 9.59 Å². The van der Waals surface area contributed by atoms with Gasteiger partial charge in [-0.05, 0) is 73.1 Å². The number of ether oxygens (including phenoxy) is 1. The van der Waals surface area contributed by atoms with Gasteiger partial charge in [0, 0.05) is 29.3 Å². The molecule has 0 aromatic heterocycles. The van der Waals surface area contributed by atoms with Crippen molar-refractivity contribution in [2.24, 2.45) is 5.41 Å². The van der Waals surface area contributed by atoms with Crippen LogP contribution in [0.25, 0.3) is 11.1 Å². The van der Waals surface area contributed by atoms with Crippen molar-refractivity contribution in [1.29, 1.82) is 0 Å². The minimum absolute atomic E-state index is 0.0345. The van der Waals surface area contributed by atoms with E-state index < -0.39 is 5.82 Å². The van der Waals surface area contributed by atoms with E-state index in [4.69, 9.17) is 4.74 Å². The van der Waals surface area contributed by atoms with E-state index in [2.05, 4.69) is 31.4 Å². The second kappa shape index (κ2) is 9.72. The van der Waals surface area contributed by atoms with Crippen molar-refractivity contribution in [3.05, 3.63) is 52.8 Å². The third-order valence-electron chi connectivity index (χ3n) is 5.29. The Hall–Kier alpha value is -2.89. The number of carbonyl (C=O) groups is 2. The van der Waals surface area contributed by atoms with Crippen LogP contribution in [0, 0.1) is 18.2 Å². The Morgan fingerprint density at radius 1 is 1.06 bits per heavy atom. The Balaban J connectivity index is 1.97. The highest BCUT2D eigenvalue weighted by molar-refractivity contribution is 5.98. The van der Waals surface area contributed by atoms with E-state index in [1.54, 1.807) is 31.2 Å². The van der Waals surface area contributed by atoms with Crippen molar-refractivity contribution in [1.82, 2.24) is 10.6 Å². The van der Waals surface area contributed by atoms with Crippen LogP contribution in [0.3, 0.4) is 0 Å². The number of halogens is 1. The highest BCUT2D eigenvalue weighted by Gasteiger charge is 2.25. The molecule has 2 N–H and O–H groups in total. The largest absolute Gasteiger partial charge is 0.493 e. The predicted molar refractivity (Wildman–Crippen MR) is 125 cm³/mol. The molecule has 172 valence electrons. The van der Waals surface area contributed by atoms with Gasteiger partial charge in [-0.15, -0.1) is 0 Å². The van der Waals surface area contributed by atoms with Gasteiger partial charge in [-0.1, -0.05) is 27.7 Å². The second-order valence-corrected chi connectivity index (χ2v) is 9.68. The number of nitrogens with one attached hydrogen (secondary N) is 2. The third kappa shape index (κ3) is 6.09. The molecule has 0 bridgehead atoms. The van der Waals surface area contributed by atoms with E-state index >= 15 is 0 Å². The predicted octanol–water partition coefficient (Wildman–Crippen LogP) is 5.26. The molecule has 0 atom stereocenters. The van der Waals surface area contributed by atoms with Gasteiger partial charge in [0.25, 0.3) is 11.8 Å². The van der Waals surface area contributed by atoms with Gasteiger partial charge in [-0.2, -0.15) is 0 Å². The minimum atomic E-state index is -0.447. The molecule has 1 aliphatic carbocycles. The lowest BCUT2D eigenvalue weighted by atomic mass is 9.95. The number of carbonyl (C=O) groups excluding carboxylic acids is 2. The van der Waals surface area contributed by atoms with Crippen LogP contribution in [0.15, 0.2) is 30.3 Å². The fraction of sp³-hybridized carbons (Fsp3) is 0.462. The number of hydrogen-bond acceptors (Lipinski definition) is 3. The summed E-state index contributed by atoms with van der Waals surface area (Å²) < 4.78 is 20.7. The van der Waals surface area contributed by atoms with E-state index in [1.165, 1.54) is 6.07 Å². The lowest BCUT2D eigenvalue weighted by Crippen LogP contribution is -2.32. The Kier molecular flexibility index (Phi) is 7.22. The Labute approximate surface area is 189 Å². The van der Waals surface area contributed by atoms with Gasteiger partial charge >= 0.3 is 0 Å². The lowest BCUT2D eigenvalue weighted by molar-refractivity contribution is 0.0935. The van der Waals surface area contributed by atoms with Crippen molar-refractivity contribution < 1.29 is 18.7 Å². The summed E-state index contributed by atoms with van der Waals surface area (Å²) in [7, 11) is 0. The van der Waals surface area contributed by atoms with E-state index in [1.807, 2.05) is 6.92 Å². The standard InChI is InChI=1S/C26H33FN2O3/c1-6-11-32-23-14-17(24(30)28-15-26(3,4)5)7-10-20(23)21-12-18(13-22(27)16(21)2)25(31)29-19-8-9-19/h7,10,12-14,19H,6,8-9,11,15H2,1-5H3,(H,28,30)(H,29,31). The van der Waals surface area contributed by atoms with Crippen molar-refractivity contribution in [2.75, 3.05) is 13.2 Å². The van der Waals surface area contributed by atoms with E-state index in [0.29, 0.717) is 41.2 Å². The molecule has 0 saturated heterocycles. The first-order valence-corrected chi connectivity index (χ1v) is 11.3. The summed E-state index contributed by atoms with van der Waals surface area (Å²) in [6, 6.07) is 8.32. The molecule has 2 aromatic rings. The van der Waals surface area contributed by atoms with Gasteiger partial charge in [0.2, 0.25) is 0 Å². The average molecular weight is 441 g/mol. The average Bonchev–Trinajstić information content (AvgIpc) is 3.55. The maximum absolute atomic E-state index is 14.8. The fourth-order valence-corrected chi connectivity index (χ4v) is 3.25. The molecule has 0 heterocycles. The molecule has 0 radical (unpaired) electrons. The van der Waals surface area contributed by atoms with Crippen molar-refractivity contribution >= 4 is 11.8 Å². The van der Waals surface area contributed by atoms with Crippen molar-refractivity contribution in [2.45, 2.75) is 59.9 Å². The van der Waals surface area contributed by atoms with Gasteiger partial charge in [0.1, 0.15) is 11.6 Å². The maximum atomic E-state index is 14.8. The van der Waals surface area contributed by atoms with Gasteiger partial charge in [0.05, 0.1) is 6.61 Å². The normalized spacial score (nSPS) is 13.6. The molecule has 2 aromatic carbocycles. The van der Waals surface area contributed by atoms with Crippen LogP contribution in [-0.2, 0) is 0 Å². The highest BCUT2D eigenvalue weighted by Crippen LogP contribution is 2.35. The monoisotopic (exact) mass is 440 g/mol. The maximum Gasteiger partial charge on any atom is 0.251 e. The zero-order chi connectivity index (χ0) is 23.5. The first kappa shape index (κ1) is 23.8. The number of amides is 2. The Bertz CT molecular complexity index is 1010. The van der Waals surface area contributed by atoms with Gasteiger partial charge in [0.15, 0.2) is 0 Å². The highest BCUT2D eigenvalue weighted by atomic mass is 19.1. The molecule has 1 saturated carbocycles. The van der Waals surface area contributed by atoms with E-state index in [0.717, 1.165) is 19.3 Å². The number of hydrogen-bond donors (Lipinski definition) is 2. The molecular weight excluding hydrogens is 407 g/mol. The van der Waals surface area contributed by atoms with Crippen LogP contribution in [-0.4, -0.2) is 31.0 Å². The topological polar surface area (TPSA) is 67.4 Å². The Morgan fingerprint density at radius 3 is 2.41 bits per heavy atom. The molecular formula is C26H33FN2O3.